The van der Waals surface area contributed by atoms with Crippen LogP contribution in [0.1, 0.15) is 36.2 Å². The fraction of sp³-hybridized carbons (Fsp3) is 0.500. The van der Waals surface area contributed by atoms with Crippen LogP contribution in [0.3, 0.4) is 0 Å². The van der Waals surface area contributed by atoms with Crippen molar-refractivity contribution in [1.29, 1.82) is 0 Å². The topological polar surface area (TPSA) is 66.8 Å². The first kappa shape index (κ1) is 16.7. The summed E-state index contributed by atoms with van der Waals surface area (Å²) < 4.78 is 5.03. The molecule has 2 rings (SSSR count). The van der Waals surface area contributed by atoms with Crippen LogP contribution >= 0.6 is 11.3 Å². The van der Waals surface area contributed by atoms with Gasteiger partial charge in [-0.15, -0.1) is 11.3 Å². The van der Waals surface area contributed by atoms with E-state index < -0.39 is 17.7 Å². The van der Waals surface area contributed by atoms with E-state index in [2.05, 4.69) is 0 Å². The van der Waals surface area contributed by atoms with Crippen molar-refractivity contribution in [3.8, 4) is 0 Å². The minimum Gasteiger partial charge on any atom is -0.503 e. The van der Waals surface area contributed by atoms with Gasteiger partial charge in [0.05, 0.1) is 11.6 Å². The van der Waals surface area contributed by atoms with E-state index in [9.17, 15) is 14.7 Å². The normalized spacial score (nSPS) is 18.4. The molecular weight excluding hydrogens is 302 g/mol. The lowest BCUT2D eigenvalue weighted by Crippen LogP contribution is -2.32. The zero-order chi connectivity index (χ0) is 16.3. The van der Waals surface area contributed by atoms with Gasteiger partial charge in [0, 0.05) is 31.6 Å². The van der Waals surface area contributed by atoms with E-state index in [1.54, 1.807) is 18.9 Å². The SMILES string of the molecule is CCC(=O)C1=C(O)C(=O)N(CCCOC)C1c1sccc1C. The molecule has 1 aromatic rings. The van der Waals surface area contributed by atoms with E-state index in [-0.39, 0.29) is 17.8 Å². The Morgan fingerprint density at radius 1 is 1.50 bits per heavy atom. The average Bonchev–Trinajstić information content (AvgIpc) is 3.02. The number of nitrogens with zero attached hydrogens (tertiary/aromatic N) is 1. The number of carbonyl (C=O) groups excluding carboxylic acids is 2. The maximum absolute atomic E-state index is 12.4. The van der Waals surface area contributed by atoms with Crippen LogP contribution in [0.2, 0.25) is 0 Å². The smallest absolute Gasteiger partial charge is 0.290 e. The summed E-state index contributed by atoms with van der Waals surface area (Å²) in [5.74, 6) is -1.05. The van der Waals surface area contributed by atoms with Gasteiger partial charge in [-0.3, -0.25) is 9.59 Å². The van der Waals surface area contributed by atoms with Crippen LogP contribution in [0.15, 0.2) is 22.8 Å². The molecular formula is C16H21NO4S. The molecule has 0 aliphatic carbocycles. The number of Topliss-reactive ketones (excluding diaryl/α,β-unsaturated/α-hetero) is 1. The number of methoxy groups -OCH3 is 1. The van der Waals surface area contributed by atoms with Crippen molar-refractivity contribution in [1.82, 2.24) is 4.90 Å². The highest BCUT2D eigenvalue weighted by atomic mass is 32.1. The highest BCUT2D eigenvalue weighted by Gasteiger charge is 2.43. The number of rotatable bonds is 7. The van der Waals surface area contributed by atoms with Crippen molar-refractivity contribution in [2.24, 2.45) is 0 Å². The molecule has 1 aromatic heterocycles. The van der Waals surface area contributed by atoms with Crippen molar-refractivity contribution in [2.75, 3.05) is 20.3 Å². The predicted octanol–water partition coefficient (Wildman–Crippen LogP) is 2.77. The Morgan fingerprint density at radius 2 is 2.23 bits per heavy atom. The molecule has 5 nitrogen and oxygen atoms in total. The second kappa shape index (κ2) is 7.07. The molecule has 1 N–H and O–H groups in total. The molecule has 0 saturated heterocycles. The molecule has 0 saturated carbocycles. The summed E-state index contributed by atoms with van der Waals surface area (Å²) in [4.78, 5) is 27.1. The third-order valence-corrected chi connectivity index (χ3v) is 4.89. The van der Waals surface area contributed by atoms with Crippen LogP contribution in [0.4, 0.5) is 0 Å². The highest BCUT2D eigenvalue weighted by Crippen LogP contribution is 2.41. The molecule has 0 fully saturated rings. The quantitative estimate of drug-likeness (QED) is 0.784. The van der Waals surface area contributed by atoms with Crippen LogP contribution in [-0.2, 0) is 14.3 Å². The van der Waals surface area contributed by atoms with Crippen LogP contribution in [0.5, 0.6) is 0 Å². The summed E-state index contributed by atoms with van der Waals surface area (Å²) in [6, 6.07) is 1.48. The molecule has 22 heavy (non-hydrogen) atoms. The first-order valence-corrected chi connectivity index (χ1v) is 8.21. The number of aliphatic hydroxyl groups excluding tert-OH is 1. The summed E-state index contributed by atoms with van der Waals surface area (Å²) in [7, 11) is 1.61. The molecule has 1 unspecified atom stereocenters. The molecule has 0 bridgehead atoms. The van der Waals surface area contributed by atoms with E-state index in [0.29, 0.717) is 19.6 Å². The van der Waals surface area contributed by atoms with E-state index in [1.165, 1.54) is 11.3 Å². The maximum Gasteiger partial charge on any atom is 0.290 e. The van der Waals surface area contributed by atoms with Crippen molar-refractivity contribution in [3.63, 3.8) is 0 Å². The second-order valence-corrected chi connectivity index (χ2v) is 6.20. The zero-order valence-corrected chi connectivity index (χ0v) is 13.9. The summed E-state index contributed by atoms with van der Waals surface area (Å²) in [5.41, 5.74) is 1.26. The van der Waals surface area contributed by atoms with Gasteiger partial charge in [0.2, 0.25) is 0 Å². The largest absolute Gasteiger partial charge is 0.503 e. The monoisotopic (exact) mass is 323 g/mol. The fourth-order valence-electron chi connectivity index (χ4n) is 2.68. The average molecular weight is 323 g/mol. The van der Waals surface area contributed by atoms with E-state index in [4.69, 9.17) is 4.74 Å². The highest BCUT2D eigenvalue weighted by molar-refractivity contribution is 7.10. The number of hydrogen-bond donors (Lipinski definition) is 1. The number of ether oxygens (including phenoxy) is 1. The molecule has 1 aliphatic rings. The Hall–Kier alpha value is -1.66. The summed E-state index contributed by atoms with van der Waals surface area (Å²) >= 11 is 1.50. The van der Waals surface area contributed by atoms with Gasteiger partial charge in [0.15, 0.2) is 11.5 Å². The Morgan fingerprint density at radius 3 is 2.77 bits per heavy atom. The van der Waals surface area contributed by atoms with Crippen LogP contribution < -0.4 is 0 Å². The fourth-order valence-corrected chi connectivity index (χ4v) is 3.72. The minimum atomic E-state index is -0.475. The molecule has 1 amide bonds. The zero-order valence-electron chi connectivity index (χ0n) is 13.1. The van der Waals surface area contributed by atoms with Gasteiger partial charge < -0.3 is 14.7 Å². The lowest BCUT2D eigenvalue weighted by atomic mass is 9.98. The van der Waals surface area contributed by atoms with Crippen molar-refractivity contribution >= 4 is 23.0 Å². The van der Waals surface area contributed by atoms with Crippen LogP contribution in [0, 0.1) is 6.92 Å². The predicted molar refractivity (Wildman–Crippen MR) is 85.0 cm³/mol. The van der Waals surface area contributed by atoms with E-state index in [0.717, 1.165) is 10.4 Å². The third kappa shape index (κ3) is 2.94. The number of thiophene rings is 1. The molecule has 120 valence electrons. The van der Waals surface area contributed by atoms with Gasteiger partial charge in [-0.25, -0.2) is 0 Å². The number of ketones is 1. The van der Waals surface area contributed by atoms with Crippen LogP contribution in [0.25, 0.3) is 0 Å². The lowest BCUT2D eigenvalue weighted by molar-refractivity contribution is -0.129. The van der Waals surface area contributed by atoms with Crippen molar-refractivity contribution < 1.29 is 19.4 Å². The number of aryl methyl sites for hydroxylation is 1. The van der Waals surface area contributed by atoms with Gasteiger partial charge >= 0.3 is 0 Å². The Balaban J connectivity index is 2.41. The molecule has 6 heteroatoms. The Kier molecular flexibility index (Phi) is 5.37. The number of aliphatic hydroxyl groups is 1. The molecule has 0 radical (unpaired) electrons. The second-order valence-electron chi connectivity index (χ2n) is 5.25. The lowest BCUT2D eigenvalue weighted by Gasteiger charge is -2.26. The van der Waals surface area contributed by atoms with Crippen molar-refractivity contribution in [2.45, 2.75) is 32.7 Å². The minimum absolute atomic E-state index is 0.183. The summed E-state index contributed by atoms with van der Waals surface area (Å²) in [5, 5.41) is 12.1. The molecule has 0 aromatic carbocycles. The first-order chi connectivity index (χ1) is 10.5. The van der Waals surface area contributed by atoms with E-state index in [1.807, 2.05) is 18.4 Å². The van der Waals surface area contributed by atoms with Gasteiger partial charge in [0.1, 0.15) is 0 Å². The number of carbonyl (C=O) groups is 2. The van der Waals surface area contributed by atoms with Crippen molar-refractivity contribution in [3.05, 3.63) is 33.2 Å². The molecule has 1 aliphatic heterocycles. The van der Waals surface area contributed by atoms with E-state index >= 15 is 0 Å². The van der Waals surface area contributed by atoms with Crippen LogP contribution in [-0.4, -0.2) is 42.0 Å². The first-order valence-electron chi connectivity index (χ1n) is 7.33. The van der Waals surface area contributed by atoms with Gasteiger partial charge in [-0.1, -0.05) is 6.92 Å². The molecule has 1 atom stereocenters. The number of amides is 1. The standard InChI is InChI=1S/C16H21NO4S/c1-4-11(18)12-13(15-10(2)6-9-22-15)17(7-5-8-21-3)16(20)14(12)19/h6,9,13,19H,4-5,7-8H2,1-3H3. The van der Waals surface area contributed by atoms with Gasteiger partial charge in [-0.05, 0) is 30.4 Å². The van der Waals surface area contributed by atoms with Gasteiger partial charge in [-0.2, -0.15) is 0 Å². The molecule has 2 heterocycles. The van der Waals surface area contributed by atoms with Gasteiger partial charge in [0.25, 0.3) is 5.91 Å². The third-order valence-electron chi connectivity index (χ3n) is 3.82. The summed E-state index contributed by atoms with van der Waals surface area (Å²) in [6.45, 7) is 4.66. The molecule has 0 spiro atoms. The Bertz CT molecular complexity index is 605. The maximum atomic E-state index is 12.4. The number of hydrogen-bond acceptors (Lipinski definition) is 5. The Labute approximate surface area is 134 Å². The summed E-state index contributed by atoms with van der Waals surface area (Å²) in [6.07, 6.45) is 0.920.